The highest BCUT2D eigenvalue weighted by Crippen LogP contribution is 2.39. The van der Waals surface area contributed by atoms with Gasteiger partial charge >= 0.3 is 5.69 Å². The average molecular weight is 541 g/mol. The summed E-state index contributed by atoms with van der Waals surface area (Å²) < 4.78 is 13.7. The van der Waals surface area contributed by atoms with Crippen LogP contribution in [0.5, 0.6) is 5.75 Å². The number of nitro groups is 1. The lowest BCUT2D eigenvalue weighted by atomic mass is 10.0. The van der Waals surface area contributed by atoms with Crippen LogP contribution < -0.4 is 10.5 Å². The van der Waals surface area contributed by atoms with Crippen molar-refractivity contribution in [1.82, 2.24) is 19.7 Å². The van der Waals surface area contributed by atoms with Crippen LogP contribution in [0, 0.1) is 17.0 Å². The minimum Gasteiger partial charge on any atom is -0.487 e. The summed E-state index contributed by atoms with van der Waals surface area (Å²) in [5.41, 5.74) is 7.40. The summed E-state index contributed by atoms with van der Waals surface area (Å²) in [6.45, 7) is 15.9. The van der Waals surface area contributed by atoms with E-state index in [1.807, 2.05) is 19.9 Å². The summed E-state index contributed by atoms with van der Waals surface area (Å²) in [4.78, 5) is 32.5. The topological polar surface area (TPSA) is 148 Å². The molecule has 0 saturated heterocycles. The van der Waals surface area contributed by atoms with Crippen molar-refractivity contribution in [3.63, 3.8) is 0 Å². The summed E-state index contributed by atoms with van der Waals surface area (Å²) in [6.07, 6.45) is 3.49. The first kappa shape index (κ1) is 28.9. The van der Waals surface area contributed by atoms with Crippen LogP contribution in [0.3, 0.4) is 0 Å². The van der Waals surface area contributed by atoms with Gasteiger partial charge in [-0.1, -0.05) is 20.8 Å². The molecule has 11 nitrogen and oxygen atoms in total. The number of nitro benzene ring substituents is 1. The van der Waals surface area contributed by atoms with Gasteiger partial charge in [0.1, 0.15) is 5.69 Å². The SMILES string of the molecule is CCn1nc(C)cc1-c1ncc(-c2cc(C(N)=O)cc(OCCCO[Si](C)(C)C(C)(C)C)c2[N+](=O)[O-])cn1. The van der Waals surface area contributed by atoms with Gasteiger partial charge in [-0.3, -0.25) is 19.6 Å². The zero-order valence-corrected chi connectivity index (χ0v) is 24.1. The van der Waals surface area contributed by atoms with Gasteiger partial charge < -0.3 is 14.9 Å². The van der Waals surface area contributed by atoms with Crippen molar-refractivity contribution >= 4 is 19.9 Å². The third-order valence-electron chi connectivity index (χ3n) is 6.75. The van der Waals surface area contributed by atoms with E-state index in [0.717, 1.165) is 11.4 Å². The van der Waals surface area contributed by atoms with Crippen LogP contribution in [0.25, 0.3) is 22.6 Å². The Morgan fingerprint density at radius 1 is 1.16 bits per heavy atom. The fourth-order valence-electron chi connectivity index (χ4n) is 3.62. The maximum Gasteiger partial charge on any atom is 0.318 e. The van der Waals surface area contributed by atoms with Gasteiger partial charge in [-0.2, -0.15) is 5.10 Å². The van der Waals surface area contributed by atoms with E-state index < -0.39 is 19.1 Å². The number of carbonyl (C=O) groups is 1. The number of nitrogens with two attached hydrogens (primary N) is 1. The van der Waals surface area contributed by atoms with E-state index in [1.54, 1.807) is 4.68 Å². The Kier molecular flexibility index (Phi) is 8.67. The second-order valence-corrected chi connectivity index (χ2v) is 15.4. The first-order valence-corrected chi connectivity index (χ1v) is 15.4. The summed E-state index contributed by atoms with van der Waals surface area (Å²) in [7, 11) is -1.92. The quantitative estimate of drug-likeness (QED) is 0.152. The smallest absolute Gasteiger partial charge is 0.318 e. The van der Waals surface area contributed by atoms with Crippen molar-refractivity contribution in [2.45, 2.75) is 65.7 Å². The van der Waals surface area contributed by atoms with Gasteiger partial charge in [0.25, 0.3) is 0 Å². The molecule has 0 bridgehead atoms. The first-order chi connectivity index (χ1) is 17.7. The van der Waals surface area contributed by atoms with Gasteiger partial charge in [0.15, 0.2) is 19.9 Å². The lowest BCUT2D eigenvalue weighted by molar-refractivity contribution is -0.385. The number of hydrogen-bond donors (Lipinski definition) is 1. The lowest BCUT2D eigenvalue weighted by Gasteiger charge is -2.36. The summed E-state index contributed by atoms with van der Waals surface area (Å²) in [5, 5.41) is 16.6. The minimum atomic E-state index is -1.92. The Morgan fingerprint density at radius 3 is 2.37 bits per heavy atom. The zero-order valence-electron chi connectivity index (χ0n) is 23.1. The standard InChI is InChI=1S/C26H36N6O5Si/c1-8-31-21(12-17(2)30-31)25-28-15-19(16-29-25)20-13-18(24(27)33)14-22(23(20)32(34)35)36-10-9-11-37-38(6,7)26(3,4)5/h12-16H,8-11H2,1-7H3,(H2,27,33). The molecule has 0 aliphatic rings. The highest BCUT2D eigenvalue weighted by molar-refractivity contribution is 6.74. The molecule has 0 fully saturated rings. The molecule has 38 heavy (non-hydrogen) atoms. The first-order valence-electron chi connectivity index (χ1n) is 12.5. The predicted molar refractivity (Wildman–Crippen MR) is 148 cm³/mol. The molecule has 3 rings (SSSR count). The monoisotopic (exact) mass is 540 g/mol. The zero-order chi connectivity index (χ0) is 28.3. The van der Waals surface area contributed by atoms with Gasteiger partial charge in [0.2, 0.25) is 5.91 Å². The number of rotatable bonds is 11. The molecular weight excluding hydrogens is 504 g/mol. The average Bonchev–Trinajstić information content (AvgIpc) is 3.23. The van der Waals surface area contributed by atoms with Gasteiger partial charge in [0.05, 0.1) is 22.8 Å². The Bertz CT molecular complexity index is 1310. The molecule has 204 valence electrons. The summed E-state index contributed by atoms with van der Waals surface area (Å²) in [6, 6.07) is 4.54. The number of hydrogen-bond acceptors (Lipinski definition) is 8. The Hall–Kier alpha value is -3.64. The maximum absolute atomic E-state index is 12.1. The number of aromatic nitrogens is 4. The van der Waals surface area contributed by atoms with E-state index in [9.17, 15) is 14.9 Å². The molecule has 0 aliphatic carbocycles. The van der Waals surface area contributed by atoms with Crippen molar-refractivity contribution in [2.75, 3.05) is 13.2 Å². The van der Waals surface area contributed by atoms with Crippen LogP contribution in [-0.4, -0.2) is 52.1 Å². The molecular formula is C26H36N6O5Si. The van der Waals surface area contributed by atoms with Crippen molar-refractivity contribution in [3.8, 4) is 28.4 Å². The summed E-state index contributed by atoms with van der Waals surface area (Å²) >= 11 is 0. The molecule has 3 aromatic rings. The van der Waals surface area contributed by atoms with Crippen molar-refractivity contribution in [3.05, 3.63) is 52.0 Å². The molecule has 0 aliphatic heterocycles. The second-order valence-electron chi connectivity index (χ2n) is 10.6. The van der Waals surface area contributed by atoms with Crippen molar-refractivity contribution < 1.29 is 18.9 Å². The van der Waals surface area contributed by atoms with Crippen LogP contribution in [0.2, 0.25) is 18.1 Å². The molecule has 0 atom stereocenters. The molecule has 0 unspecified atom stereocenters. The van der Waals surface area contributed by atoms with Crippen molar-refractivity contribution in [1.29, 1.82) is 0 Å². The molecule has 0 spiro atoms. The largest absolute Gasteiger partial charge is 0.487 e. The van der Waals surface area contributed by atoms with Gasteiger partial charge in [0, 0.05) is 49.2 Å². The number of benzene rings is 1. The van der Waals surface area contributed by atoms with Crippen LogP contribution in [0.15, 0.2) is 30.6 Å². The predicted octanol–water partition coefficient (Wildman–Crippen LogP) is 5.13. The van der Waals surface area contributed by atoms with Crippen molar-refractivity contribution in [2.24, 2.45) is 5.73 Å². The second kappa shape index (κ2) is 11.4. The molecule has 0 radical (unpaired) electrons. The lowest BCUT2D eigenvalue weighted by Crippen LogP contribution is -2.41. The highest BCUT2D eigenvalue weighted by Gasteiger charge is 2.36. The number of ether oxygens (including phenoxy) is 1. The Labute approximate surface area is 223 Å². The molecule has 2 heterocycles. The normalized spacial score (nSPS) is 12.0. The van der Waals surface area contributed by atoms with Crippen LogP contribution in [0.4, 0.5) is 5.69 Å². The van der Waals surface area contributed by atoms with E-state index >= 15 is 0 Å². The van der Waals surface area contributed by atoms with E-state index in [1.165, 1.54) is 24.5 Å². The Balaban J connectivity index is 1.89. The van der Waals surface area contributed by atoms with E-state index in [2.05, 4.69) is 48.9 Å². The number of aryl methyl sites for hydroxylation is 2. The number of primary amides is 1. The molecule has 1 amide bonds. The number of amides is 1. The summed E-state index contributed by atoms with van der Waals surface area (Å²) in [5.74, 6) is -0.340. The third-order valence-corrected chi connectivity index (χ3v) is 11.3. The minimum absolute atomic E-state index is 0.0441. The fourth-order valence-corrected chi connectivity index (χ4v) is 4.71. The van der Waals surface area contributed by atoms with E-state index in [4.69, 9.17) is 14.9 Å². The third kappa shape index (κ3) is 6.43. The highest BCUT2D eigenvalue weighted by atomic mass is 28.4. The molecule has 2 N–H and O–H groups in total. The van der Waals surface area contributed by atoms with Gasteiger partial charge in [-0.05, 0) is 44.1 Å². The van der Waals surface area contributed by atoms with Gasteiger partial charge in [-0.25, -0.2) is 9.97 Å². The molecule has 1 aromatic carbocycles. The fraction of sp³-hybridized carbons (Fsp3) is 0.462. The van der Waals surface area contributed by atoms with Crippen LogP contribution in [-0.2, 0) is 11.0 Å². The van der Waals surface area contributed by atoms with E-state index in [0.29, 0.717) is 31.0 Å². The Morgan fingerprint density at radius 2 is 1.82 bits per heavy atom. The van der Waals surface area contributed by atoms with E-state index in [-0.39, 0.29) is 34.2 Å². The molecule has 2 aromatic heterocycles. The molecule has 0 saturated carbocycles. The number of nitrogens with zero attached hydrogens (tertiary/aromatic N) is 5. The molecule has 12 heteroatoms. The maximum atomic E-state index is 12.1. The van der Waals surface area contributed by atoms with Gasteiger partial charge in [-0.15, -0.1) is 0 Å². The van der Waals surface area contributed by atoms with Crippen LogP contribution >= 0.6 is 0 Å². The van der Waals surface area contributed by atoms with Crippen LogP contribution in [0.1, 0.15) is 50.2 Å². The number of carbonyl (C=O) groups excluding carboxylic acids is 1.